The van der Waals surface area contributed by atoms with Crippen molar-refractivity contribution in [2.45, 2.75) is 43.7 Å². The minimum atomic E-state index is -4.34. The fourth-order valence-electron chi connectivity index (χ4n) is 5.12. The van der Waals surface area contributed by atoms with Gasteiger partial charge in [-0.1, -0.05) is 25.2 Å². The third kappa shape index (κ3) is 5.12. The molecule has 2 saturated heterocycles. The molecule has 0 spiro atoms. The molecular formula is C24H30F3N7O5S2. The number of carbonyl (C=O) groups excluding carboxylic acids is 1. The Bertz CT molecular complexity index is 1640. The van der Waals surface area contributed by atoms with Crippen LogP contribution in [0.5, 0.6) is 0 Å². The highest BCUT2D eigenvalue weighted by atomic mass is 32.2. The number of sulfonamides is 1. The van der Waals surface area contributed by atoms with Gasteiger partial charge in [-0.25, -0.2) is 31.0 Å². The average Bonchev–Trinajstić information content (AvgIpc) is 3.48. The fraction of sp³-hybridized carbons (Fsp3) is 0.583. The summed E-state index contributed by atoms with van der Waals surface area (Å²) in [6, 6.07) is 2.40. The van der Waals surface area contributed by atoms with Crippen molar-refractivity contribution in [1.29, 1.82) is 0 Å². The van der Waals surface area contributed by atoms with Crippen molar-refractivity contribution >= 4 is 44.0 Å². The number of ether oxygens (including phenoxy) is 1. The zero-order valence-electron chi connectivity index (χ0n) is 22.8. The summed E-state index contributed by atoms with van der Waals surface area (Å²) in [6.07, 6.45) is -2.91. The molecule has 3 aromatic rings. The van der Waals surface area contributed by atoms with E-state index in [0.29, 0.717) is 42.2 Å². The first-order valence-corrected chi connectivity index (χ1v) is 15.2. The van der Waals surface area contributed by atoms with Crippen LogP contribution in [0.1, 0.15) is 32.2 Å². The summed E-state index contributed by atoms with van der Waals surface area (Å²) in [5.41, 5.74) is -1.24. The van der Waals surface area contributed by atoms with Crippen molar-refractivity contribution in [3.63, 3.8) is 0 Å². The zero-order chi connectivity index (χ0) is 29.9. The van der Waals surface area contributed by atoms with Gasteiger partial charge in [0.05, 0.1) is 34.8 Å². The maximum Gasteiger partial charge on any atom is 0.335 e. The van der Waals surface area contributed by atoms with Crippen LogP contribution >= 0.6 is 11.3 Å². The number of piperazine rings is 1. The van der Waals surface area contributed by atoms with Gasteiger partial charge in [-0.2, -0.15) is 4.72 Å². The predicted octanol–water partition coefficient (Wildman–Crippen LogP) is 1.83. The van der Waals surface area contributed by atoms with Gasteiger partial charge in [0, 0.05) is 38.6 Å². The van der Waals surface area contributed by atoms with Crippen LogP contribution in [0.3, 0.4) is 0 Å². The molecular weight excluding hydrogens is 587 g/mol. The number of rotatable bonds is 8. The van der Waals surface area contributed by atoms with Crippen molar-refractivity contribution in [2.24, 2.45) is 13.0 Å². The molecule has 2 aliphatic heterocycles. The number of aryl methyl sites for hydroxylation is 1. The Morgan fingerprint density at radius 3 is 2.49 bits per heavy atom. The molecule has 1 aromatic carbocycles. The van der Waals surface area contributed by atoms with Gasteiger partial charge in [-0.05, 0) is 19.1 Å². The van der Waals surface area contributed by atoms with Crippen LogP contribution in [-0.4, -0.2) is 89.7 Å². The van der Waals surface area contributed by atoms with Gasteiger partial charge in [-0.3, -0.25) is 9.36 Å². The molecule has 17 heteroatoms. The first-order chi connectivity index (χ1) is 19.3. The lowest BCUT2D eigenvalue weighted by Crippen LogP contribution is -2.63. The van der Waals surface area contributed by atoms with Crippen molar-refractivity contribution in [3.8, 4) is 5.13 Å². The second kappa shape index (κ2) is 10.7. The number of imidazole rings is 1. The number of carbonyl (C=O) groups is 1. The van der Waals surface area contributed by atoms with E-state index < -0.39 is 39.4 Å². The van der Waals surface area contributed by atoms with Gasteiger partial charge in [0.25, 0.3) is 6.43 Å². The smallest absolute Gasteiger partial charge is 0.335 e. The minimum absolute atomic E-state index is 0.00767. The van der Waals surface area contributed by atoms with Crippen LogP contribution in [0, 0.1) is 5.92 Å². The van der Waals surface area contributed by atoms with E-state index in [1.807, 2.05) is 25.7 Å². The van der Waals surface area contributed by atoms with Gasteiger partial charge in [0.2, 0.25) is 21.1 Å². The quantitative estimate of drug-likeness (QED) is 0.405. The normalized spacial score (nSPS) is 19.4. The van der Waals surface area contributed by atoms with Crippen LogP contribution in [0.25, 0.3) is 16.2 Å². The second-order valence-corrected chi connectivity index (χ2v) is 13.4. The van der Waals surface area contributed by atoms with Gasteiger partial charge in [0.15, 0.2) is 5.01 Å². The van der Waals surface area contributed by atoms with Crippen molar-refractivity contribution in [1.82, 2.24) is 29.0 Å². The Morgan fingerprint density at radius 2 is 1.95 bits per heavy atom. The predicted molar refractivity (Wildman–Crippen MR) is 145 cm³/mol. The number of benzene rings is 1. The summed E-state index contributed by atoms with van der Waals surface area (Å²) in [6.45, 7) is 5.28. The Hall–Kier alpha value is -3.02. The molecule has 4 heterocycles. The molecule has 12 nitrogen and oxygen atoms in total. The summed E-state index contributed by atoms with van der Waals surface area (Å²) in [4.78, 5) is 29.6. The van der Waals surface area contributed by atoms with E-state index in [-0.39, 0.29) is 46.6 Å². The highest BCUT2D eigenvalue weighted by Crippen LogP contribution is 2.35. The molecule has 41 heavy (non-hydrogen) atoms. The molecule has 2 aliphatic rings. The first kappa shape index (κ1) is 29.5. The molecule has 0 unspecified atom stereocenters. The third-order valence-electron chi connectivity index (χ3n) is 7.32. The molecule has 0 radical (unpaired) electrons. The molecule has 2 fully saturated rings. The number of fused-ring (bicyclic) bond motifs is 1. The molecule has 0 bridgehead atoms. The van der Waals surface area contributed by atoms with Crippen LogP contribution in [0.2, 0.25) is 0 Å². The summed E-state index contributed by atoms with van der Waals surface area (Å²) in [5.74, 6) is -0.208. The van der Waals surface area contributed by atoms with Crippen molar-refractivity contribution in [2.75, 3.05) is 44.4 Å². The number of aromatic nitrogens is 4. The summed E-state index contributed by atoms with van der Waals surface area (Å²) in [5, 5.41) is 6.50. The van der Waals surface area contributed by atoms with E-state index in [1.165, 1.54) is 23.7 Å². The zero-order valence-corrected chi connectivity index (χ0v) is 24.4. The number of hydrogen-bond acceptors (Lipinski definition) is 9. The van der Waals surface area contributed by atoms with Crippen LogP contribution < -0.4 is 15.3 Å². The number of hydrogen-bond donors (Lipinski definition) is 1. The van der Waals surface area contributed by atoms with E-state index in [0.717, 1.165) is 4.57 Å². The van der Waals surface area contributed by atoms with Gasteiger partial charge in [0.1, 0.15) is 12.2 Å². The number of nitrogens with zero attached hydrogens (tertiary/aromatic N) is 6. The minimum Gasteiger partial charge on any atom is -0.377 e. The molecule has 0 saturated carbocycles. The third-order valence-corrected chi connectivity index (χ3v) is 9.80. The first-order valence-electron chi connectivity index (χ1n) is 12.9. The monoisotopic (exact) mass is 617 g/mol. The number of nitrogens with one attached hydrogen (secondary N) is 1. The number of alkyl halides is 3. The number of halogens is 3. The number of amides is 1. The largest absolute Gasteiger partial charge is 0.377 e. The highest BCUT2D eigenvalue weighted by molar-refractivity contribution is 7.89. The Kier molecular flexibility index (Phi) is 7.67. The molecule has 1 amide bonds. The van der Waals surface area contributed by atoms with E-state index in [9.17, 15) is 31.2 Å². The molecule has 224 valence electrons. The standard InChI is InChI=1S/C24H30F3N7O5S2/c1-13(2)21(35)33-6-5-32(9-14(33)3)16-7-15(41(37,38)30-24(10-25)11-39-12-24)8-17-18(16)31(4)23(36)34(17)22-29-28-20(40-22)19(26)27/h7-8,13-14,19,30H,5-6,9-12H2,1-4H3/t14-/m1/s1. The van der Waals surface area contributed by atoms with Crippen LogP contribution in [0.4, 0.5) is 18.9 Å². The fourth-order valence-corrected chi connectivity index (χ4v) is 7.22. The summed E-state index contributed by atoms with van der Waals surface area (Å²) >= 11 is 0.513. The maximum absolute atomic E-state index is 13.8. The van der Waals surface area contributed by atoms with Crippen molar-refractivity contribution in [3.05, 3.63) is 27.6 Å². The highest BCUT2D eigenvalue weighted by Gasteiger charge is 2.43. The SMILES string of the molecule is CC(C)C(=O)N1CCN(c2cc(S(=O)(=O)NC3(CF)COC3)cc3c2n(C)c(=O)n3-c2nnc(C(F)F)s2)C[C@H]1C. The number of anilines is 1. The molecule has 1 N–H and O–H groups in total. The molecule has 2 aromatic heterocycles. The van der Waals surface area contributed by atoms with Gasteiger partial charge >= 0.3 is 5.69 Å². The van der Waals surface area contributed by atoms with Gasteiger partial charge in [-0.15, -0.1) is 10.2 Å². The van der Waals surface area contributed by atoms with Crippen molar-refractivity contribution < 1.29 is 31.1 Å². The van der Waals surface area contributed by atoms with E-state index >= 15 is 0 Å². The lowest BCUT2D eigenvalue weighted by Gasteiger charge is -2.42. The molecule has 1 atom stereocenters. The van der Waals surface area contributed by atoms with Crippen LogP contribution in [0.15, 0.2) is 21.8 Å². The lowest BCUT2D eigenvalue weighted by molar-refractivity contribution is -0.136. The average molecular weight is 618 g/mol. The topological polar surface area (TPSA) is 132 Å². The Balaban J connectivity index is 1.68. The molecule has 5 rings (SSSR count). The van der Waals surface area contributed by atoms with Gasteiger partial charge < -0.3 is 14.5 Å². The lowest BCUT2D eigenvalue weighted by atomic mass is 10.0. The summed E-state index contributed by atoms with van der Waals surface area (Å²) < 4.78 is 77.3. The molecule has 0 aliphatic carbocycles. The van der Waals surface area contributed by atoms with E-state index in [1.54, 1.807) is 4.90 Å². The van der Waals surface area contributed by atoms with Crippen LogP contribution in [-0.2, 0) is 26.6 Å². The Labute approximate surface area is 237 Å². The maximum atomic E-state index is 13.8. The van der Waals surface area contributed by atoms with E-state index in [2.05, 4.69) is 14.9 Å². The Morgan fingerprint density at radius 1 is 1.24 bits per heavy atom. The second-order valence-electron chi connectivity index (χ2n) is 10.7. The summed E-state index contributed by atoms with van der Waals surface area (Å²) in [7, 11) is -2.86. The van der Waals surface area contributed by atoms with E-state index in [4.69, 9.17) is 4.74 Å².